The molecule has 1 aliphatic rings. The van der Waals surface area contributed by atoms with Gasteiger partial charge in [-0.25, -0.2) is 22.0 Å². The molecule has 0 saturated carbocycles. The quantitative estimate of drug-likeness (QED) is 0.0178. The van der Waals surface area contributed by atoms with Crippen LogP contribution in [0.4, 0.5) is 22.0 Å². The summed E-state index contributed by atoms with van der Waals surface area (Å²) in [5.74, 6) is -33.4. The topological polar surface area (TPSA) is 500 Å². The number of fused-ring (bicyclic) bond motifs is 1. The highest BCUT2D eigenvalue weighted by Gasteiger charge is 2.43. The molecule has 15 N–H and O–H groups in total. The SMILES string of the molecule is CCCCC[C@H]1C(=O)N(C)CC(=O)N[C@@H](CC(=O)O)C(=O)N[C@@H](C(C)C)C(=O)N(C)[C@@H](Cc2ccccc2)C(=O)N[C@@H](Cc2ccc(O)cc2)C(=O)N(C)CC(=O)N[C@@H](Cc2c[nH]c3ccccc23)C(=O)N[C@@H](Cc2ccc(O)cc2)C(=O)N[C@@H](CC(C)C)C(=O)N[C@H](C(=O)NCC(N)=O)CSCC(=O)N[C@@H](Cc2c(F)c(F)c(F)c(F)c2F)C(=O)N(C)[C@@H](Cc2ccccc2)C(=O)N1C. The van der Waals surface area contributed by atoms with Gasteiger partial charge in [-0.1, -0.05) is 157 Å². The number of carbonyl (C=O) groups excluding carboxylic acids is 15. The number of aromatic hydroxyl groups is 2. The number of carboxylic acid groups (broad SMARTS) is 1. The maximum absolute atomic E-state index is 16.0. The highest BCUT2D eigenvalue weighted by atomic mass is 32.2. The number of nitrogens with two attached hydrogens (primary N) is 1. The van der Waals surface area contributed by atoms with E-state index < -0.39 is 264 Å². The number of hydrogen-bond donors (Lipinski definition) is 14. The van der Waals surface area contributed by atoms with Crippen LogP contribution in [0.3, 0.4) is 0 Å². The first-order valence-corrected chi connectivity index (χ1v) is 44.9. The molecule has 41 heteroatoms. The van der Waals surface area contributed by atoms with E-state index in [1.165, 1.54) is 95.7 Å². The average molecular weight is 1900 g/mol. The minimum Gasteiger partial charge on any atom is -0.508 e. The van der Waals surface area contributed by atoms with Gasteiger partial charge in [-0.3, -0.25) is 76.7 Å². The number of phenols is 2. The van der Waals surface area contributed by atoms with Gasteiger partial charge in [-0.2, -0.15) is 0 Å². The van der Waals surface area contributed by atoms with Crippen molar-refractivity contribution in [1.29, 1.82) is 0 Å². The Kier molecular flexibility index (Phi) is 39.5. The lowest BCUT2D eigenvalue weighted by molar-refractivity contribution is -0.151. The van der Waals surface area contributed by atoms with E-state index in [9.17, 15) is 58.1 Å². The van der Waals surface area contributed by atoms with Crippen LogP contribution in [0.25, 0.3) is 10.9 Å². The van der Waals surface area contributed by atoms with Crippen molar-refractivity contribution in [2.45, 2.75) is 178 Å². The number of aliphatic carboxylic acids is 1. The Morgan fingerprint density at radius 3 is 1.47 bits per heavy atom. The van der Waals surface area contributed by atoms with E-state index in [1.54, 1.807) is 92.8 Å². The van der Waals surface area contributed by atoms with Gasteiger partial charge in [0.2, 0.25) is 94.4 Å². The Balaban J connectivity index is 1.24. The number of unbranched alkanes of at least 4 members (excludes halogenated alkanes) is 2. The number of amides is 15. The number of likely N-dealkylation sites (N-methyl/N-ethyl adjacent to an activating group) is 5. The van der Waals surface area contributed by atoms with Gasteiger partial charge < -0.3 is 98.4 Å². The number of hydrogen-bond acceptors (Lipinski definition) is 19. The molecule has 0 unspecified atom stereocenters. The van der Waals surface area contributed by atoms with Gasteiger partial charge in [0.15, 0.2) is 23.3 Å². The number of carbonyl (C=O) groups is 16. The molecule has 0 aliphatic carbocycles. The molecule has 2 heterocycles. The third kappa shape index (κ3) is 30.5. The number of nitrogens with one attached hydrogen (secondary N) is 10. The summed E-state index contributed by atoms with van der Waals surface area (Å²) in [5.41, 5.74) is 6.35. The number of primary amides is 1. The van der Waals surface area contributed by atoms with Crippen molar-refractivity contribution >= 4 is 117 Å². The zero-order chi connectivity index (χ0) is 99.4. The lowest BCUT2D eigenvalue weighted by Gasteiger charge is -2.37. The van der Waals surface area contributed by atoms with Crippen molar-refractivity contribution in [3.05, 3.63) is 202 Å². The Labute approximate surface area is 780 Å². The van der Waals surface area contributed by atoms with E-state index in [0.29, 0.717) is 68.2 Å². The van der Waals surface area contributed by atoms with Crippen LogP contribution in [0, 0.1) is 40.9 Å². The molecule has 11 atom stereocenters. The Morgan fingerprint density at radius 2 is 0.926 bits per heavy atom. The fourth-order valence-corrected chi connectivity index (χ4v) is 16.2. The average Bonchev–Trinajstić information content (AvgIpc) is 1.34. The Hall–Kier alpha value is -14.0. The number of thioether (sulfide) groups is 1. The van der Waals surface area contributed by atoms with E-state index in [-0.39, 0.29) is 50.0 Å². The standard InChI is InChI=1S/C94H115F5N16O19S/c1-11-12-15-28-70-92(132)112(7)48-75(120)104-66(44-77(122)123)88(128)110-83(52(4)5)94(134)114(9)71(40-53-22-16-13-17-23-53)89(129)108-67(39-56-31-35-59(117)36-32-56)90(130)111(6)47-74(119)103-65(42-57-45-101-62-27-21-20-26-60(57)62)87(127)107-64(38-55-29-33-58(116)34-30-55)86(126)106-63(37-51(2)3)85(125)109-69(84(124)102-46-73(100)118)49-135-50-76(121)105-68(43-61-78(95)80(97)82(99)81(98)79(61)96)91(131)115(10)72(93(133)113(70)8)41-54-24-18-14-19-25-54/h13-14,16-27,29-36,45,51-52,63-72,83,101,116-117H,11-12,15,28,37-44,46-50H2,1-10H3,(H2,100,118)(H,102,124)(H,103,119)(H,104,120)(H,105,121)(H,106,126)(H,107,127)(H,108,129)(H,109,125)(H,110,128)(H,122,123)/t63-,64-,65-,66-,67-,68-,69-,70-,71-,72-,83-/m0/s1. The van der Waals surface area contributed by atoms with Gasteiger partial charge in [-0.15, -0.1) is 11.8 Å². The molecular weight excluding hydrogens is 1780 g/mol. The fourth-order valence-electron chi connectivity index (χ4n) is 15.3. The molecule has 1 saturated heterocycles. The van der Waals surface area contributed by atoms with Crippen LogP contribution in [-0.2, 0) is 115 Å². The maximum Gasteiger partial charge on any atom is 0.305 e. The van der Waals surface area contributed by atoms with Gasteiger partial charge in [0, 0.05) is 102 Å². The highest BCUT2D eigenvalue weighted by Crippen LogP contribution is 2.28. The zero-order valence-corrected chi connectivity index (χ0v) is 77.1. The second kappa shape index (κ2) is 50.2. The van der Waals surface area contributed by atoms with E-state index in [1.807, 2.05) is 6.92 Å². The van der Waals surface area contributed by atoms with Crippen LogP contribution >= 0.6 is 11.8 Å². The molecule has 15 amide bonds. The smallest absolute Gasteiger partial charge is 0.305 e. The number of benzene rings is 6. The van der Waals surface area contributed by atoms with Crippen LogP contribution in [-0.4, -0.2) is 272 Å². The van der Waals surface area contributed by atoms with Crippen LogP contribution < -0.4 is 53.6 Å². The Bertz CT molecular complexity index is 5390. The molecule has 1 aliphatic heterocycles. The zero-order valence-electron chi connectivity index (χ0n) is 76.3. The summed E-state index contributed by atoms with van der Waals surface area (Å²) in [4.78, 5) is 243. The number of para-hydroxylation sites is 1. The number of aromatic amines is 1. The summed E-state index contributed by atoms with van der Waals surface area (Å²) in [6.45, 7) is 5.53. The first-order chi connectivity index (χ1) is 63.9. The van der Waals surface area contributed by atoms with Crippen LogP contribution in [0.1, 0.15) is 107 Å². The predicted octanol–water partition coefficient (Wildman–Crippen LogP) is 3.41. The number of rotatable bonds is 24. The van der Waals surface area contributed by atoms with Crippen LogP contribution in [0.15, 0.2) is 140 Å². The third-order valence-corrected chi connectivity index (χ3v) is 23.8. The van der Waals surface area contributed by atoms with Crippen LogP contribution in [0.2, 0.25) is 0 Å². The lowest BCUT2D eigenvalue weighted by Crippen LogP contribution is -2.61. The number of H-pyrrole nitrogens is 1. The molecule has 726 valence electrons. The molecule has 1 aromatic heterocycles. The number of phenolic OH excluding ortho intramolecular Hbond substituents is 2. The number of halogens is 5. The van der Waals surface area contributed by atoms with Gasteiger partial charge >= 0.3 is 5.97 Å². The monoisotopic (exact) mass is 1900 g/mol. The van der Waals surface area contributed by atoms with Gasteiger partial charge in [0.25, 0.3) is 0 Å². The summed E-state index contributed by atoms with van der Waals surface area (Å²) in [6.07, 6.45) is -1.95. The minimum absolute atomic E-state index is 0.147. The Morgan fingerprint density at radius 1 is 0.467 bits per heavy atom. The molecule has 0 bridgehead atoms. The van der Waals surface area contributed by atoms with Gasteiger partial charge in [0.1, 0.15) is 78.0 Å². The number of aromatic nitrogens is 1. The van der Waals surface area contributed by atoms with E-state index in [0.717, 1.165) is 33.7 Å². The second-order valence-electron chi connectivity index (χ2n) is 34.0. The fraction of sp³-hybridized carbons (Fsp3) is 0.426. The number of nitrogens with zero attached hydrogens (tertiary/aromatic N) is 5. The number of carboxylic acids is 1. The molecule has 0 radical (unpaired) electrons. The van der Waals surface area contributed by atoms with E-state index in [4.69, 9.17) is 5.73 Å². The highest BCUT2D eigenvalue weighted by molar-refractivity contribution is 8.00. The largest absolute Gasteiger partial charge is 0.508 e. The van der Waals surface area contributed by atoms with E-state index >= 15 is 55.9 Å². The van der Waals surface area contributed by atoms with Gasteiger partial charge in [-0.05, 0) is 82.8 Å². The van der Waals surface area contributed by atoms with Crippen molar-refractivity contribution in [3.8, 4) is 11.5 Å². The summed E-state index contributed by atoms with van der Waals surface area (Å²) in [6, 6.07) is 14.6. The van der Waals surface area contributed by atoms with Crippen molar-refractivity contribution < 1.29 is 114 Å². The molecule has 6 aromatic carbocycles. The third-order valence-electron chi connectivity index (χ3n) is 22.7. The summed E-state index contributed by atoms with van der Waals surface area (Å²) < 4.78 is 77.1. The van der Waals surface area contributed by atoms with Crippen molar-refractivity contribution in [1.82, 2.24) is 77.3 Å². The predicted molar refractivity (Wildman–Crippen MR) is 486 cm³/mol. The summed E-state index contributed by atoms with van der Waals surface area (Å²) in [5, 5.41) is 54.3. The molecule has 135 heavy (non-hydrogen) atoms. The second-order valence-corrected chi connectivity index (χ2v) is 35.0. The minimum atomic E-state index is -2.58. The molecule has 0 spiro atoms. The van der Waals surface area contributed by atoms with Crippen LogP contribution in [0.5, 0.6) is 11.5 Å². The van der Waals surface area contributed by atoms with E-state index in [2.05, 4.69) is 52.8 Å². The van der Waals surface area contributed by atoms with Gasteiger partial charge in [0.05, 0.1) is 31.8 Å². The molecule has 7 aromatic rings. The molecule has 1 fully saturated rings. The van der Waals surface area contributed by atoms with Crippen molar-refractivity contribution in [2.24, 2.45) is 17.6 Å². The summed E-state index contributed by atoms with van der Waals surface area (Å²) in [7, 11) is 5.77. The first kappa shape index (κ1) is 106. The van der Waals surface area contributed by atoms with Crippen molar-refractivity contribution in [3.63, 3.8) is 0 Å². The molecule has 35 nitrogen and oxygen atoms in total. The first-order valence-electron chi connectivity index (χ1n) is 43.7. The lowest BCUT2D eigenvalue weighted by atomic mass is 9.98. The summed E-state index contributed by atoms with van der Waals surface area (Å²) >= 11 is 0.526. The normalized spacial score (nSPS) is 21.5. The maximum atomic E-state index is 16.0. The van der Waals surface area contributed by atoms with Crippen molar-refractivity contribution in [2.75, 3.05) is 66.4 Å². The molecular formula is C94H115F5N16O19S. The molecule has 8 rings (SSSR count).